The van der Waals surface area contributed by atoms with Gasteiger partial charge in [-0.1, -0.05) is 0 Å². The average Bonchev–Trinajstić information content (AvgIpc) is 3.25. The van der Waals surface area contributed by atoms with E-state index in [-0.39, 0.29) is 35.5 Å². The second kappa shape index (κ2) is 8.72. The van der Waals surface area contributed by atoms with Crippen LogP contribution in [0.5, 0.6) is 5.75 Å². The first kappa shape index (κ1) is 24.8. The quantitative estimate of drug-likeness (QED) is 0.594. The van der Waals surface area contributed by atoms with Crippen molar-refractivity contribution in [2.24, 2.45) is 0 Å². The minimum Gasteiger partial charge on any atom is -0.406 e. The molecular weight excluding hydrogens is 497 g/mol. The van der Waals surface area contributed by atoms with Crippen molar-refractivity contribution in [2.45, 2.75) is 37.6 Å². The lowest BCUT2D eigenvalue weighted by molar-refractivity contribution is -0.274. The van der Waals surface area contributed by atoms with Crippen molar-refractivity contribution in [2.75, 3.05) is 42.6 Å². The third-order valence-electron chi connectivity index (χ3n) is 6.09. The molecule has 2 saturated heterocycles. The van der Waals surface area contributed by atoms with Crippen LogP contribution in [-0.2, 0) is 19.9 Å². The zero-order valence-electron chi connectivity index (χ0n) is 18.6. The normalized spacial score (nSPS) is 21.7. The van der Waals surface area contributed by atoms with E-state index >= 15 is 0 Å². The number of alkyl halides is 3. The Morgan fingerprint density at radius 3 is 2.21 bits per heavy atom. The van der Waals surface area contributed by atoms with Gasteiger partial charge >= 0.3 is 6.36 Å². The summed E-state index contributed by atoms with van der Waals surface area (Å²) >= 11 is 0. The number of rotatable bonds is 5. The smallest absolute Gasteiger partial charge is 0.406 e. The number of aromatic nitrogens is 2. The Bertz CT molecular complexity index is 1270. The standard InChI is InChI=1S/C20H25F3N4O5S2/c1-14-19(15(2)27(24-14)16-7-12-33(28,29)13-16)25-8-10-26(11-9-25)34(30,31)18-5-3-17(4-6-18)32-20(21,22)23/h3-6,16H,7-13H2,1-2H3. The zero-order valence-corrected chi connectivity index (χ0v) is 20.2. The Hall–Kier alpha value is -2.32. The third-order valence-corrected chi connectivity index (χ3v) is 9.75. The maximum atomic E-state index is 13.0. The molecule has 2 aliphatic heterocycles. The predicted molar refractivity (Wildman–Crippen MR) is 118 cm³/mol. The summed E-state index contributed by atoms with van der Waals surface area (Å²) in [6, 6.07) is 3.93. The van der Waals surface area contributed by atoms with Crippen LogP contribution < -0.4 is 9.64 Å². The van der Waals surface area contributed by atoms with Gasteiger partial charge in [0, 0.05) is 26.2 Å². The second-order valence-electron chi connectivity index (χ2n) is 8.43. The summed E-state index contributed by atoms with van der Waals surface area (Å²) in [5, 5.41) is 4.57. The van der Waals surface area contributed by atoms with Crippen molar-refractivity contribution in [1.82, 2.24) is 14.1 Å². The summed E-state index contributed by atoms with van der Waals surface area (Å²) in [5.41, 5.74) is 2.46. The molecule has 2 aliphatic rings. The number of benzene rings is 1. The fourth-order valence-electron chi connectivity index (χ4n) is 4.55. The van der Waals surface area contributed by atoms with E-state index in [9.17, 15) is 30.0 Å². The molecule has 0 saturated carbocycles. The number of hydrogen-bond acceptors (Lipinski definition) is 7. The Morgan fingerprint density at radius 2 is 1.68 bits per heavy atom. The summed E-state index contributed by atoms with van der Waals surface area (Å²) in [6.07, 6.45) is -4.34. The monoisotopic (exact) mass is 522 g/mol. The topological polar surface area (TPSA) is 102 Å². The molecule has 0 spiro atoms. The number of piperazine rings is 1. The molecule has 4 rings (SSSR count). The van der Waals surface area contributed by atoms with Gasteiger partial charge in [0.2, 0.25) is 10.0 Å². The number of nitrogens with zero attached hydrogens (tertiary/aromatic N) is 4. The number of anilines is 1. The van der Waals surface area contributed by atoms with Crippen LogP contribution in [0, 0.1) is 13.8 Å². The SMILES string of the molecule is Cc1nn(C2CCS(=O)(=O)C2)c(C)c1N1CCN(S(=O)(=O)c2ccc(OC(F)(F)F)cc2)CC1. The summed E-state index contributed by atoms with van der Waals surface area (Å²) in [7, 11) is -6.95. The van der Waals surface area contributed by atoms with E-state index in [1.54, 1.807) is 4.68 Å². The van der Waals surface area contributed by atoms with Crippen molar-refractivity contribution in [3.63, 3.8) is 0 Å². The fourth-order valence-corrected chi connectivity index (χ4v) is 7.66. The molecule has 0 aliphatic carbocycles. The van der Waals surface area contributed by atoms with Gasteiger partial charge in [0.15, 0.2) is 9.84 Å². The van der Waals surface area contributed by atoms with E-state index in [0.29, 0.717) is 19.5 Å². The Labute approximate surface area is 196 Å². The first-order valence-electron chi connectivity index (χ1n) is 10.6. The molecule has 1 aromatic heterocycles. The molecule has 1 aromatic carbocycles. The lowest BCUT2D eigenvalue weighted by atomic mass is 10.2. The molecule has 1 atom stereocenters. The highest BCUT2D eigenvalue weighted by Gasteiger charge is 2.35. The Morgan fingerprint density at radius 1 is 1.06 bits per heavy atom. The first-order chi connectivity index (χ1) is 15.8. The molecule has 0 bridgehead atoms. The van der Waals surface area contributed by atoms with E-state index in [1.807, 2.05) is 18.7 Å². The molecule has 0 N–H and O–H groups in total. The number of aryl methyl sites for hydroxylation is 1. The summed E-state index contributed by atoms with van der Waals surface area (Å²) in [5.74, 6) is -0.285. The van der Waals surface area contributed by atoms with E-state index in [0.717, 1.165) is 41.3 Å². The molecule has 9 nitrogen and oxygen atoms in total. The van der Waals surface area contributed by atoms with Crippen LogP contribution in [0.2, 0.25) is 0 Å². The number of halogens is 3. The van der Waals surface area contributed by atoms with E-state index < -0.39 is 32.0 Å². The molecule has 2 aromatic rings. The van der Waals surface area contributed by atoms with Crippen molar-refractivity contribution in [3.8, 4) is 5.75 Å². The highest BCUT2D eigenvalue weighted by atomic mass is 32.2. The van der Waals surface area contributed by atoms with Crippen LogP contribution in [0.3, 0.4) is 0 Å². The molecule has 14 heteroatoms. The number of ether oxygens (including phenoxy) is 1. The van der Waals surface area contributed by atoms with Gasteiger partial charge < -0.3 is 9.64 Å². The molecule has 34 heavy (non-hydrogen) atoms. The van der Waals surface area contributed by atoms with Gasteiger partial charge in [0.05, 0.1) is 39.5 Å². The van der Waals surface area contributed by atoms with E-state index in [2.05, 4.69) is 9.84 Å². The minimum absolute atomic E-state index is 0.0627. The van der Waals surface area contributed by atoms with Crippen LogP contribution in [-0.4, -0.2) is 75.0 Å². The second-order valence-corrected chi connectivity index (χ2v) is 12.6. The van der Waals surface area contributed by atoms with E-state index in [1.165, 1.54) is 4.31 Å². The van der Waals surface area contributed by atoms with Crippen molar-refractivity contribution in [1.29, 1.82) is 0 Å². The van der Waals surface area contributed by atoms with Gasteiger partial charge in [0.1, 0.15) is 5.75 Å². The van der Waals surface area contributed by atoms with Crippen molar-refractivity contribution >= 4 is 25.5 Å². The lowest BCUT2D eigenvalue weighted by Gasteiger charge is -2.35. The van der Waals surface area contributed by atoms with Crippen molar-refractivity contribution < 1.29 is 34.7 Å². The highest BCUT2D eigenvalue weighted by molar-refractivity contribution is 7.91. The minimum atomic E-state index is -4.85. The first-order valence-corrected chi connectivity index (χ1v) is 13.9. The van der Waals surface area contributed by atoms with Crippen molar-refractivity contribution in [3.05, 3.63) is 35.7 Å². The molecule has 1 unspecified atom stereocenters. The average molecular weight is 523 g/mol. The highest BCUT2D eigenvalue weighted by Crippen LogP contribution is 2.32. The Kier molecular flexibility index (Phi) is 6.36. The van der Waals surface area contributed by atoms with Gasteiger partial charge in [-0.15, -0.1) is 13.2 Å². The van der Waals surface area contributed by atoms with Crippen LogP contribution in [0.15, 0.2) is 29.2 Å². The molecule has 188 valence electrons. The number of sulfonamides is 1. The van der Waals surface area contributed by atoms with Crippen LogP contribution in [0.1, 0.15) is 23.9 Å². The number of hydrogen-bond donors (Lipinski definition) is 0. The van der Waals surface area contributed by atoms with Crippen LogP contribution >= 0.6 is 0 Å². The van der Waals surface area contributed by atoms with Gasteiger partial charge in [-0.05, 0) is 44.5 Å². The summed E-state index contributed by atoms with van der Waals surface area (Å²) in [4.78, 5) is 1.92. The molecule has 0 radical (unpaired) electrons. The molecule has 3 heterocycles. The van der Waals surface area contributed by atoms with Gasteiger partial charge in [-0.25, -0.2) is 16.8 Å². The molecule has 0 amide bonds. The Balaban J connectivity index is 1.45. The predicted octanol–water partition coefficient (Wildman–Crippen LogP) is 2.27. The summed E-state index contributed by atoms with van der Waals surface area (Å²) < 4.78 is 93.6. The fraction of sp³-hybridized carbons (Fsp3) is 0.550. The largest absolute Gasteiger partial charge is 0.573 e. The summed E-state index contributed by atoms with van der Waals surface area (Å²) in [6.45, 7) is 4.88. The zero-order chi connectivity index (χ0) is 24.9. The lowest BCUT2D eigenvalue weighted by Crippen LogP contribution is -2.49. The molecular formula is C20H25F3N4O5S2. The van der Waals surface area contributed by atoms with Gasteiger partial charge in [-0.2, -0.15) is 9.40 Å². The van der Waals surface area contributed by atoms with Crippen LogP contribution in [0.25, 0.3) is 0 Å². The maximum absolute atomic E-state index is 13.0. The third kappa shape index (κ3) is 5.03. The maximum Gasteiger partial charge on any atom is 0.573 e. The van der Waals surface area contributed by atoms with E-state index in [4.69, 9.17) is 0 Å². The van der Waals surface area contributed by atoms with Gasteiger partial charge in [-0.3, -0.25) is 4.68 Å². The number of sulfone groups is 1. The van der Waals surface area contributed by atoms with Gasteiger partial charge in [0.25, 0.3) is 0 Å². The molecule has 2 fully saturated rings. The van der Waals surface area contributed by atoms with Crippen LogP contribution in [0.4, 0.5) is 18.9 Å².